The molecule has 7 heteroatoms. The van der Waals surface area contributed by atoms with Crippen molar-refractivity contribution in [3.05, 3.63) is 54.0 Å². The van der Waals surface area contributed by atoms with E-state index < -0.39 is 11.6 Å². The topological polar surface area (TPSA) is 66.8 Å². The van der Waals surface area contributed by atoms with Gasteiger partial charge in [-0.1, -0.05) is 0 Å². The third-order valence-electron chi connectivity index (χ3n) is 4.08. The summed E-state index contributed by atoms with van der Waals surface area (Å²) in [5, 5.41) is 2.61. The average Bonchev–Trinajstić information content (AvgIpc) is 3.25. The fourth-order valence-electron chi connectivity index (χ4n) is 2.88. The Morgan fingerprint density at radius 3 is 2.79 bits per heavy atom. The van der Waals surface area contributed by atoms with Crippen molar-refractivity contribution in [2.75, 3.05) is 25.0 Å². The summed E-state index contributed by atoms with van der Waals surface area (Å²) in [5.74, 6) is -0.269. The highest BCUT2D eigenvalue weighted by Crippen LogP contribution is 2.25. The van der Waals surface area contributed by atoms with Gasteiger partial charge in [-0.05, 0) is 50.2 Å². The largest absolute Gasteiger partial charge is 0.468 e. The molecular formula is C17H20F2N4O. The summed E-state index contributed by atoms with van der Waals surface area (Å²) in [6.45, 7) is 2.34. The summed E-state index contributed by atoms with van der Waals surface area (Å²) < 4.78 is 32.3. The molecule has 1 aliphatic rings. The molecule has 1 aromatic heterocycles. The van der Waals surface area contributed by atoms with Crippen LogP contribution in [0.15, 0.2) is 46.0 Å². The van der Waals surface area contributed by atoms with Crippen molar-refractivity contribution >= 4 is 11.6 Å². The third-order valence-corrected chi connectivity index (χ3v) is 4.08. The number of aliphatic imine (C=N–C) groups is 1. The van der Waals surface area contributed by atoms with E-state index in [0.29, 0.717) is 6.54 Å². The lowest BCUT2D eigenvalue weighted by molar-refractivity contribution is 0.221. The molecule has 0 radical (unpaired) electrons. The zero-order valence-corrected chi connectivity index (χ0v) is 13.2. The summed E-state index contributed by atoms with van der Waals surface area (Å²) >= 11 is 0. The predicted octanol–water partition coefficient (Wildman–Crippen LogP) is 3.12. The molecule has 3 N–H and O–H groups in total. The number of hydrogen-bond acceptors (Lipinski definition) is 3. The highest BCUT2D eigenvalue weighted by Gasteiger charge is 2.25. The molecule has 3 rings (SSSR count). The lowest BCUT2D eigenvalue weighted by Crippen LogP contribution is -2.30. The Labute approximate surface area is 139 Å². The monoisotopic (exact) mass is 334 g/mol. The Hall–Kier alpha value is -2.41. The second-order valence-electron chi connectivity index (χ2n) is 5.75. The molecule has 2 heterocycles. The molecule has 0 aliphatic carbocycles. The summed E-state index contributed by atoms with van der Waals surface area (Å²) in [6, 6.07) is 6.87. The molecule has 2 aromatic rings. The van der Waals surface area contributed by atoms with Crippen LogP contribution in [0.5, 0.6) is 0 Å². The number of hydrogen-bond donors (Lipinski definition) is 2. The van der Waals surface area contributed by atoms with Crippen LogP contribution < -0.4 is 11.1 Å². The SMILES string of the molecule is NC(=NCC(c1ccco1)N1CCCC1)Nc1cc(F)ccc1F. The van der Waals surface area contributed by atoms with Crippen molar-refractivity contribution in [2.24, 2.45) is 10.7 Å². The predicted molar refractivity (Wildman–Crippen MR) is 88.7 cm³/mol. The number of nitrogens with two attached hydrogens (primary N) is 1. The summed E-state index contributed by atoms with van der Waals surface area (Å²) in [7, 11) is 0. The Kier molecular flexibility index (Phi) is 5.10. The Morgan fingerprint density at radius 2 is 2.08 bits per heavy atom. The van der Waals surface area contributed by atoms with E-state index in [0.717, 1.165) is 49.9 Å². The maximum atomic E-state index is 13.6. The van der Waals surface area contributed by atoms with Crippen LogP contribution >= 0.6 is 0 Å². The third kappa shape index (κ3) is 3.91. The number of nitrogens with one attached hydrogen (secondary N) is 1. The van der Waals surface area contributed by atoms with Crippen molar-refractivity contribution in [1.82, 2.24) is 4.90 Å². The minimum absolute atomic E-state index is 0.0137. The minimum Gasteiger partial charge on any atom is -0.468 e. The number of halogens is 2. The van der Waals surface area contributed by atoms with Crippen LogP contribution in [-0.4, -0.2) is 30.5 Å². The standard InChI is InChI=1S/C17H20F2N4O/c18-12-5-6-13(19)14(10-12)22-17(20)21-11-15(16-4-3-9-24-16)23-7-1-2-8-23/h3-6,9-10,15H,1-2,7-8,11H2,(H3,20,21,22). The molecule has 0 saturated carbocycles. The van der Waals surface area contributed by atoms with Gasteiger partial charge in [-0.25, -0.2) is 8.78 Å². The van der Waals surface area contributed by atoms with E-state index in [-0.39, 0.29) is 17.7 Å². The first-order chi connectivity index (χ1) is 11.6. The number of likely N-dealkylation sites (tertiary alicyclic amines) is 1. The van der Waals surface area contributed by atoms with Crippen LogP contribution in [0.4, 0.5) is 14.5 Å². The fourth-order valence-corrected chi connectivity index (χ4v) is 2.88. The first-order valence-electron chi connectivity index (χ1n) is 7.93. The lowest BCUT2D eigenvalue weighted by atomic mass is 10.2. The van der Waals surface area contributed by atoms with Gasteiger partial charge in [0, 0.05) is 6.07 Å². The average molecular weight is 334 g/mol. The fraction of sp³-hybridized carbons (Fsp3) is 0.353. The number of benzene rings is 1. The zero-order chi connectivity index (χ0) is 16.9. The lowest BCUT2D eigenvalue weighted by Gasteiger charge is -2.24. The first-order valence-corrected chi connectivity index (χ1v) is 7.93. The second kappa shape index (κ2) is 7.44. The van der Waals surface area contributed by atoms with Crippen molar-refractivity contribution in [3.8, 4) is 0 Å². The van der Waals surface area contributed by atoms with Crippen molar-refractivity contribution in [3.63, 3.8) is 0 Å². The molecule has 0 bridgehead atoms. The van der Waals surface area contributed by atoms with Crippen molar-refractivity contribution < 1.29 is 13.2 Å². The number of furan rings is 1. The second-order valence-corrected chi connectivity index (χ2v) is 5.75. The molecule has 5 nitrogen and oxygen atoms in total. The van der Waals surface area contributed by atoms with Gasteiger partial charge in [-0.2, -0.15) is 0 Å². The van der Waals surface area contributed by atoms with Gasteiger partial charge < -0.3 is 15.5 Å². The van der Waals surface area contributed by atoms with Crippen molar-refractivity contribution in [1.29, 1.82) is 0 Å². The van der Waals surface area contributed by atoms with E-state index in [1.54, 1.807) is 6.26 Å². The van der Waals surface area contributed by atoms with Crippen LogP contribution in [0.3, 0.4) is 0 Å². The van der Waals surface area contributed by atoms with Crippen LogP contribution in [0.25, 0.3) is 0 Å². The highest BCUT2D eigenvalue weighted by molar-refractivity contribution is 5.92. The van der Waals surface area contributed by atoms with E-state index in [2.05, 4.69) is 15.2 Å². The van der Waals surface area contributed by atoms with Gasteiger partial charge in [0.05, 0.1) is 24.5 Å². The molecule has 1 atom stereocenters. The van der Waals surface area contributed by atoms with Gasteiger partial charge >= 0.3 is 0 Å². The summed E-state index contributed by atoms with van der Waals surface area (Å²) in [5.41, 5.74) is 5.79. The highest BCUT2D eigenvalue weighted by atomic mass is 19.1. The number of anilines is 1. The minimum atomic E-state index is -0.586. The maximum absolute atomic E-state index is 13.6. The van der Waals surface area contributed by atoms with Crippen LogP contribution in [-0.2, 0) is 0 Å². The quantitative estimate of drug-likeness (QED) is 0.651. The smallest absolute Gasteiger partial charge is 0.193 e. The molecule has 24 heavy (non-hydrogen) atoms. The Balaban J connectivity index is 1.70. The first kappa shape index (κ1) is 16.4. The Bertz CT molecular complexity index is 697. The molecule has 0 amide bonds. The Morgan fingerprint density at radius 1 is 1.29 bits per heavy atom. The van der Waals surface area contributed by atoms with E-state index in [1.807, 2.05) is 12.1 Å². The van der Waals surface area contributed by atoms with E-state index in [1.165, 1.54) is 0 Å². The molecule has 1 unspecified atom stereocenters. The van der Waals surface area contributed by atoms with Crippen LogP contribution in [0.1, 0.15) is 24.6 Å². The van der Waals surface area contributed by atoms with E-state index in [9.17, 15) is 8.78 Å². The zero-order valence-electron chi connectivity index (χ0n) is 13.2. The van der Waals surface area contributed by atoms with Gasteiger partial charge in [0.25, 0.3) is 0 Å². The maximum Gasteiger partial charge on any atom is 0.193 e. The van der Waals surface area contributed by atoms with Crippen LogP contribution in [0, 0.1) is 11.6 Å². The van der Waals surface area contributed by atoms with Gasteiger partial charge in [0.1, 0.15) is 17.4 Å². The van der Waals surface area contributed by atoms with Gasteiger partial charge in [0.15, 0.2) is 5.96 Å². The molecule has 1 fully saturated rings. The number of guanidine groups is 1. The summed E-state index contributed by atoms with van der Waals surface area (Å²) in [6.07, 6.45) is 3.91. The van der Waals surface area contributed by atoms with Crippen LogP contribution in [0.2, 0.25) is 0 Å². The molecular weight excluding hydrogens is 314 g/mol. The molecule has 1 aliphatic heterocycles. The van der Waals surface area contributed by atoms with Gasteiger partial charge in [0.2, 0.25) is 0 Å². The van der Waals surface area contributed by atoms with Gasteiger partial charge in [-0.15, -0.1) is 0 Å². The summed E-state index contributed by atoms with van der Waals surface area (Å²) in [4.78, 5) is 6.57. The number of rotatable bonds is 5. The van der Waals surface area contributed by atoms with E-state index >= 15 is 0 Å². The van der Waals surface area contributed by atoms with Crippen molar-refractivity contribution in [2.45, 2.75) is 18.9 Å². The molecule has 1 saturated heterocycles. The van der Waals surface area contributed by atoms with E-state index in [4.69, 9.17) is 10.2 Å². The number of nitrogens with zero attached hydrogens (tertiary/aromatic N) is 2. The molecule has 0 spiro atoms. The molecule has 1 aromatic carbocycles. The van der Waals surface area contributed by atoms with Gasteiger partial charge in [-0.3, -0.25) is 9.89 Å². The molecule has 128 valence electrons. The normalized spacial score (nSPS) is 17.2.